The van der Waals surface area contributed by atoms with Gasteiger partial charge in [0.25, 0.3) is 0 Å². The molecule has 0 amide bonds. The van der Waals surface area contributed by atoms with Crippen molar-refractivity contribution in [1.82, 2.24) is 4.57 Å². The summed E-state index contributed by atoms with van der Waals surface area (Å²) in [6.45, 7) is 20.8. The van der Waals surface area contributed by atoms with Crippen molar-refractivity contribution >= 4 is 125 Å². The number of aromatic nitrogens is 1. The van der Waals surface area contributed by atoms with E-state index < -0.39 is 0 Å². The second-order valence-corrected chi connectivity index (χ2v) is 23.1. The molecule has 7 aromatic carbocycles. The molecule has 2 aliphatic rings. The molecule has 0 saturated carbocycles. The van der Waals surface area contributed by atoms with E-state index in [2.05, 4.69) is 193 Å². The fraction of sp³-hybridized carbons (Fsp3) is 0.214. The molecule has 0 aliphatic carbocycles. The molecule has 0 fully saturated rings. The second-order valence-electron chi connectivity index (χ2n) is 20.9. The third-order valence-electron chi connectivity index (χ3n) is 14.0. The molecule has 13 rings (SSSR count). The Morgan fingerprint density at radius 3 is 1.92 bits per heavy atom. The molecule has 4 aromatic heterocycles. The van der Waals surface area contributed by atoms with Crippen molar-refractivity contribution in [3.05, 3.63) is 138 Å². The molecule has 0 N–H and O–H groups in total. The first kappa shape index (κ1) is 36.8. The third kappa shape index (κ3) is 4.83. The SMILES string of the molecule is CC(C)(C)c1ccc(N2B3c4sc5ccc(C(C)(C)C)cc5c4-n4c5ccc(C(C)(C)C)cc5c5c6oc7ccccc7c6c(c3c54)-c3cc4c(cc32)sc2ccccc24)cc1. The molecule has 6 heterocycles. The van der Waals surface area contributed by atoms with Crippen molar-refractivity contribution < 1.29 is 4.42 Å². The predicted molar refractivity (Wildman–Crippen MR) is 271 cm³/mol. The zero-order chi connectivity index (χ0) is 42.4. The number of para-hydroxylation sites is 1. The van der Waals surface area contributed by atoms with Crippen LogP contribution in [0.3, 0.4) is 0 Å². The number of nitrogens with zero attached hydrogens (tertiary/aromatic N) is 2. The maximum absolute atomic E-state index is 7.25. The van der Waals surface area contributed by atoms with Gasteiger partial charge in [-0.15, -0.1) is 22.7 Å². The van der Waals surface area contributed by atoms with Crippen LogP contribution in [0.2, 0.25) is 0 Å². The monoisotopic (exact) mass is 838 g/mol. The van der Waals surface area contributed by atoms with Crippen LogP contribution in [0.25, 0.3) is 90.8 Å². The lowest BCUT2D eigenvalue weighted by Crippen LogP contribution is -2.59. The molecule has 2 aliphatic heterocycles. The number of anilines is 2. The molecular weight excluding hydrogens is 792 g/mol. The molecule has 6 heteroatoms. The summed E-state index contributed by atoms with van der Waals surface area (Å²) in [6.07, 6.45) is 0. The number of furan rings is 1. The van der Waals surface area contributed by atoms with Gasteiger partial charge in [0.15, 0.2) is 0 Å². The molecule has 0 radical (unpaired) electrons. The highest BCUT2D eigenvalue weighted by Crippen LogP contribution is 2.54. The Balaban J connectivity index is 1.29. The average molecular weight is 839 g/mol. The van der Waals surface area contributed by atoms with Crippen molar-refractivity contribution in [2.45, 2.75) is 78.6 Å². The molecule has 11 aromatic rings. The summed E-state index contributed by atoms with van der Waals surface area (Å²) in [5, 5.41) is 8.80. The van der Waals surface area contributed by atoms with Gasteiger partial charge in [0.05, 0.1) is 22.1 Å². The number of benzene rings is 7. The number of rotatable bonds is 1. The third-order valence-corrected chi connectivity index (χ3v) is 16.4. The van der Waals surface area contributed by atoms with E-state index in [0.717, 1.165) is 11.2 Å². The lowest BCUT2D eigenvalue weighted by Gasteiger charge is -2.41. The number of hydrogen-bond acceptors (Lipinski definition) is 4. The molecule has 0 bridgehead atoms. The molecule has 0 saturated heterocycles. The molecular formula is C56H47BN2OS2. The smallest absolute Gasteiger partial charge is 0.343 e. The van der Waals surface area contributed by atoms with Crippen molar-refractivity contribution in [1.29, 1.82) is 0 Å². The zero-order valence-corrected chi connectivity index (χ0v) is 38.4. The van der Waals surface area contributed by atoms with Crippen molar-refractivity contribution in [3.63, 3.8) is 0 Å². The van der Waals surface area contributed by atoms with E-state index in [1.807, 2.05) is 22.7 Å². The Hall–Kier alpha value is -5.82. The minimum Gasteiger partial charge on any atom is -0.455 e. The maximum Gasteiger partial charge on any atom is 0.343 e. The standard InChI is InChI=1S/C56H47BN2OS2/c1-54(2,3)30-18-22-33(23-19-30)59-41-29-45-36(34-14-11-13-17-43(34)61-45)28-38(41)46-47-35-15-10-12-16-42(35)60-52(47)48-37-26-31(55(4,5)6)20-24-40(37)58-50-39-27-32(56(7,8)9)21-25-44(39)62-53(50)57(59)49(46)51(48)58/h10-29H,1-9H3. The largest absolute Gasteiger partial charge is 0.455 e. The van der Waals surface area contributed by atoms with E-state index in [4.69, 9.17) is 4.42 Å². The minimum absolute atomic E-state index is 0.000877. The van der Waals surface area contributed by atoms with Crippen LogP contribution < -0.4 is 15.1 Å². The fourth-order valence-electron chi connectivity index (χ4n) is 10.8. The van der Waals surface area contributed by atoms with Crippen LogP contribution >= 0.6 is 22.7 Å². The Morgan fingerprint density at radius 2 is 1.18 bits per heavy atom. The topological polar surface area (TPSA) is 21.3 Å². The quantitative estimate of drug-likeness (QED) is 0.154. The van der Waals surface area contributed by atoms with Crippen LogP contribution in [0.1, 0.15) is 79.0 Å². The highest BCUT2D eigenvalue weighted by molar-refractivity contribution is 7.32. The Morgan fingerprint density at radius 1 is 0.532 bits per heavy atom. The maximum atomic E-state index is 7.25. The van der Waals surface area contributed by atoms with Gasteiger partial charge in [0.1, 0.15) is 11.2 Å². The summed E-state index contributed by atoms with van der Waals surface area (Å²) < 4.78 is 15.2. The summed E-state index contributed by atoms with van der Waals surface area (Å²) in [7, 11) is 0. The van der Waals surface area contributed by atoms with Crippen molar-refractivity contribution in [2.24, 2.45) is 0 Å². The first-order valence-electron chi connectivity index (χ1n) is 22.0. The second kappa shape index (κ2) is 12.0. The predicted octanol–water partition coefficient (Wildman–Crippen LogP) is 15.4. The van der Waals surface area contributed by atoms with Crippen molar-refractivity contribution in [3.8, 4) is 16.8 Å². The van der Waals surface area contributed by atoms with Crippen LogP contribution in [0, 0.1) is 0 Å². The summed E-state index contributed by atoms with van der Waals surface area (Å²) in [4.78, 5) is 2.71. The molecule has 302 valence electrons. The zero-order valence-electron chi connectivity index (χ0n) is 36.7. The van der Waals surface area contributed by atoms with Crippen LogP contribution in [-0.2, 0) is 16.2 Å². The molecule has 0 unspecified atom stereocenters. The van der Waals surface area contributed by atoms with Gasteiger partial charge in [-0.1, -0.05) is 123 Å². The molecule has 3 nitrogen and oxygen atoms in total. The van der Waals surface area contributed by atoms with Crippen LogP contribution in [0.5, 0.6) is 0 Å². The lowest BCUT2D eigenvalue weighted by atomic mass is 9.47. The fourth-order valence-corrected chi connectivity index (χ4v) is 13.2. The van der Waals surface area contributed by atoms with Crippen LogP contribution in [0.4, 0.5) is 11.4 Å². The highest BCUT2D eigenvalue weighted by atomic mass is 32.1. The van der Waals surface area contributed by atoms with E-state index in [9.17, 15) is 0 Å². The molecule has 0 atom stereocenters. The van der Waals surface area contributed by atoms with E-state index in [1.165, 1.54) is 118 Å². The number of hydrogen-bond donors (Lipinski definition) is 0. The van der Waals surface area contributed by atoms with Gasteiger partial charge in [0.2, 0.25) is 0 Å². The van der Waals surface area contributed by atoms with E-state index >= 15 is 0 Å². The van der Waals surface area contributed by atoms with Gasteiger partial charge in [-0.25, -0.2) is 0 Å². The van der Waals surface area contributed by atoms with Gasteiger partial charge < -0.3 is 13.8 Å². The average Bonchev–Trinajstić information content (AvgIpc) is 4.00. The lowest BCUT2D eigenvalue weighted by molar-refractivity contribution is 0.590. The summed E-state index contributed by atoms with van der Waals surface area (Å²) in [6, 6.07) is 46.7. The Bertz CT molecular complexity index is 3760. The summed E-state index contributed by atoms with van der Waals surface area (Å²) in [5.41, 5.74) is 16.1. The van der Waals surface area contributed by atoms with E-state index in [0.29, 0.717) is 0 Å². The van der Waals surface area contributed by atoms with Gasteiger partial charge in [-0.05, 0) is 105 Å². The van der Waals surface area contributed by atoms with Crippen molar-refractivity contribution in [2.75, 3.05) is 4.81 Å². The van der Waals surface area contributed by atoms with Crippen LogP contribution in [-0.4, -0.2) is 11.4 Å². The molecule has 62 heavy (non-hydrogen) atoms. The summed E-state index contributed by atoms with van der Waals surface area (Å²) >= 11 is 3.88. The van der Waals surface area contributed by atoms with Gasteiger partial charge in [-0.3, -0.25) is 0 Å². The van der Waals surface area contributed by atoms with E-state index in [-0.39, 0.29) is 23.1 Å². The first-order valence-corrected chi connectivity index (χ1v) is 23.7. The van der Waals surface area contributed by atoms with Gasteiger partial charge in [-0.2, -0.15) is 0 Å². The normalized spacial score (nSPS) is 14.1. The van der Waals surface area contributed by atoms with Gasteiger partial charge in [0, 0.05) is 68.1 Å². The number of fused-ring (bicyclic) bond motifs is 18. The highest BCUT2D eigenvalue weighted by Gasteiger charge is 2.48. The van der Waals surface area contributed by atoms with Crippen LogP contribution in [0.15, 0.2) is 126 Å². The summed E-state index contributed by atoms with van der Waals surface area (Å²) in [5.74, 6) is 0. The first-order chi connectivity index (χ1) is 29.6. The Kier molecular flexibility index (Phi) is 7.12. The molecule has 0 spiro atoms. The van der Waals surface area contributed by atoms with E-state index in [1.54, 1.807) is 0 Å². The van der Waals surface area contributed by atoms with Gasteiger partial charge >= 0.3 is 6.85 Å². The number of thiophene rings is 2. The Labute approximate surface area is 370 Å². The minimum atomic E-state index is -0.0882.